The number of aliphatic imine (C=N–C) groups is 1. The highest BCUT2D eigenvalue weighted by molar-refractivity contribution is 6.55. The number of hydrogen-bond acceptors (Lipinski definition) is 8. The molecule has 3 aromatic rings. The van der Waals surface area contributed by atoms with Gasteiger partial charge < -0.3 is 15.2 Å². The molecule has 1 fully saturated rings. The number of imidazole rings is 1. The monoisotopic (exact) mass is 686 g/mol. The van der Waals surface area contributed by atoms with Crippen LogP contribution < -0.4 is 16.2 Å². The molecule has 17 heteroatoms. The van der Waals surface area contributed by atoms with Gasteiger partial charge in [-0.15, -0.1) is 0 Å². The number of carbonyl (C=O) groups excluding carboxylic acids is 2. The third-order valence-corrected chi connectivity index (χ3v) is 9.14. The van der Waals surface area contributed by atoms with E-state index in [0.29, 0.717) is 19.0 Å². The number of halogens is 4. The molecule has 5 rings (SSSR count). The highest BCUT2D eigenvalue weighted by Crippen LogP contribution is 2.45. The Morgan fingerprint density at radius 1 is 1.07 bits per heavy atom. The summed E-state index contributed by atoms with van der Waals surface area (Å²) in [6, 6.07) is 0. The maximum atomic E-state index is 13.2. The zero-order valence-corrected chi connectivity index (χ0v) is 26.8. The molecule has 0 radical (unpaired) electrons. The molecule has 13 nitrogen and oxygen atoms in total. The Morgan fingerprint density at radius 3 is 2.36 bits per heavy atom. The number of hydrogen-bond donors (Lipinski definition) is 4. The van der Waals surface area contributed by atoms with Gasteiger partial charge in [-0.1, -0.05) is 73.1 Å². The number of aliphatic hydroxyl groups excluding tert-OH is 1. The molecule has 0 unspecified atom stereocenters. The molecule has 2 aliphatic rings. The Morgan fingerprint density at radius 2 is 1.73 bits per heavy atom. The quantitative estimate of drug-likeness (QED) is 0.0593. The van der Waals surface area contributed by atoms with Crippen LogP contribution in [0.3, 0.4) is 0 Å². The Balaban J connectivity index is 1.36. The minimum atomic E-state index is -1.08. The zero-order chi connectivity index (χ0) is 31.7. The van der Waals surface area contributed by atoms with Gasteiger partial charge in [0, 0.05) is 19.5 Å². The first-order chi connectivity index (χ1) is 21.1. The second-order valence-electron chi connectivity index (χ2n) is 10.4. The van der Waals surface area contributed by atoms with Crippen molar-refractivity contribution in [3.05, 3.63) is 47.9 Å². The summed E-state index contributed by atoms with van der Waals surface area (Å²) >= 11 is 24.7. The highest BCUT2D eigenvalue weighted by atomic mass is 35.5. The number of ether oxygens (including phenoxy) is 1. The second kappa shape index (κ2) is 13.6. The van der Waals surface area contributed by atoms with E-state index in [2.05, 4.69) is 44.4 Å². The number of unbranched alkanes of at least 4 members (excludes halogenated alkanes) is 2. The summed E-state index contributed by atoms with van der Waals surface area (Å²) in [7, 11) is 0. The van der Waals surface area contributed by atoms with E-state index in [0.717, 1.165) is 30.6 Å². The van der Waals surface area contributed by atoms with Gasteiger partial charge in [-0.2, -0.15) is 4.98 Å². The zero-order valence-electron chi connectivity index (χ0n) is 23.8. The first-order valence-electron chi connectivity index (χ1n) is 14.1. The highest BCUT2D eigenvalue weighted by Gasteiger charge is 2.45. The lowest BCUT2D eigenvalue weighted by atomic mass is 10.1. The first-order valence-corrected chi connectivity index (χ1v) is 15.7. The number of anilines is 1. The molecule has 1 saturated heterocycles. The van der Waals surface area contributed by atoms with Gasteiger partial charge in [0.25, 0.3) is 17.4 Å². The molecule has 2 aromatic heterocycles. The van der Waals surface area contributed by atoms with E-state index in [4.69, 9.17) is 51.1 Å². The van der Waals surface area contributed by atoms with Crippen molar-refractivity contribution in [2.45, 2.75) is 64.4 Å². The Labute approximate surface area is 271 Å². The van der Waals surface area contributed by atoms with Crippen LogP contribution in [0.1, 0.15) is 72.9 Å². The number of benzene rings is 1. The van der Waals surface area contributed by atoms with Crippen molar-refractivity contribution >= 4 is 81.3 Å². The smallest absolute Gasteiger partial charge is 0.280 e. The summed E-state index contributed by atoms with van der Waals surface area (Å²) in [5, 5.41) is 16.5. The standard InChI is InChI=1S/C27H30Cl4N8O5/c1-3-5-7-32-26(33-8-6-4-2)37-27-35-22-21(23(41)36-27)34-11-39(22)14-9-12(40)13(44-14)10-38-24(42)15-16(25(38)43)18(29)20(31)19(30)17(15)28/h11-14,40H,3-10H2,1-2H3,(H3,32,33,35,36,37,41)/t12-,13+,14+/m0/s1. The fraction of sp³-hybridized carbons (Fsp3) is 0.481. The number of fused-ring (bicyclic) bond motifs is 2. The summed E-state index contributed by atoms with van der Waals surface area (Å²) in [6.07, 6.45) is 2.40. The van der Waals surface area contributed by atoms with Gasteiger partial charge in [0.1, 0.15) is 12.3 Å². The number of aromatic nitrogens is 4. The number of aromatic amines is 1. The van der Waals surface area contributed by atoms with E-state index in [1.54, 1.807) is 0 Å². The fourth-order valence-corrected chi connectivity index (χ4v) is 5.99. The molecule has 0 spiro atoms. The van der Waals surface area contributed by atoms with Crippen LogP contribution in [-0.2, 0) is 4.74 Å². The maximum Gasteiger partial charge on any atom is 0.280 e. The predicted molar refractivity (Wildman–Crippen MR) is 168 cm³/mol. The number of aliphatic hydroxyl groups is 1. The molecular formula is C27H30Cl4N8O5. The van der Waals surface area contributed by atoms with E-state index < -0.39 is 35.8 Å². The molecule has 44 heavy (non-hydrogen) atoms. The Kier molecular flexibility index (Phi) is 10.0. The maximum absolute atomic E-state index is 13.2. The lowest BCUT2D eigenvalue weighted by Crippen LogP contribution is -2.40. The number of carbonyl (C=O) groups is 2. The normalized spacial score (nSPS) is 20.2. The van der Waals surface area contributed by atoms with Gasteiger partial charge in [0.2, 0.25) is 5.95 Å². The van der Waals surface area contributed by atoms with Gasteiger partial charge in [0.15, 0.2) is 17.1 Å². The number of imide groups is 1. The minimum absolute atomic E-state index is 0.0675. The van der Waals surface area contributed by atoms with Gasteiger partial charge in [-0.3, -0.25) is 39.1 Å². The summed E-state index contributed by atoms with van der Waals surface area (Å²) < 4.78 is 7.60. The van der Waals surface area contributed by atoms with Crippen molar-refractivity contribution in [3.63, 3.8) is 0 Å². The summed E-state index contributed by atoms with van der Waals surface area (Å²) in [6.45, 7) is 5.15. The SMILES string of the molecule is CCCCN=C(NCCCC)Nc1nc2c(ncn2[C@H]2C[C@H](O)[C@@H](CN3C(=O)c4c(Cl)c(Cl)c(Cl)c(Cl)c4C3=O)O2)c(=O)[nH]1. The van der Waals surface area contributed by atoms with Crippen molar-refractivity contribution < 1.29 is 19.4 Å². The van der Waals surface area contributed by atoms with Crippen LogP contribution in [0.5, 0.6) is 0 Å². The van der Waals surface area contributed by atoms with E-state index >= 15 is 0 Å². The molecule has 2 aliphatic heterocycles. The molecule has 4 N–H and O–H groups in total. The van der Waals surface area contributed by atoms with Crippen molar-refractivity contribution in [1.29, 1.82) is 0 Å². The largest absolute Gasteiger partial charge is 0.390 e. The number of rotatable bonds is 10. The third kappa shape index (κ3) is 6.13. The van der Waals surface area contributed by atoms with E-state index in [1.165, 1.54) is 10.9 Å². The molecule has 4 heterocycles. The molecule has 236 valence electrons. The molecular weight excluding hydrogens is 658 g/mol. The molecule has 2 amide bonds. The van der Waals surface area contributed by atoms with Crippen LogP contribution >= 0.6 is 46.4 Å². The van der Waals surface area contributed by atoms with Crippen LogP contribution in [0.2, 0.25) is 20.1 Å². The predicted octanol–water partition coefficient (Wildman–Crippen LogP) is 4.64. The number of amides is 2. The summed E-state index contributed by atoms with van der Waals surface area (Å²) in [5.74, 6) is -0.848. The molecule has 0 aliphatic carbocycles. The lowest BCUT2D eigenvalue weighted by Gasteiger charge is -2.21. The van der Waals surface area contributed by atoms with E-state index in [9.17, 15) is 19.5 Å². The first kappa shape index (κ1) is 32.5. The number of nitrogens with zero attached hydrogens (tertiary/aromatic N) is 5. The van der Waals surface area contributed by atoms with Gasteiger partial charge in [-0.05, 0) is 12.8 Å². The second-order valence-corrected chi connectivity index (χ2v) is 11.9. The van der Waals surface area contributed by atoms with Crippen molar-refractivity contribution in [2.75, 3.05) is 25.0 Å². The molecule has 0 bridgehead atoms. The minimum Gasteiger partial charge on any atom is -0.390 e. The summed E-state index contributed by atoms with van der Waals surface area (Å²) in [5.41, 5.74) is -0.528. The van der Waals surface area contributed by atoms with Crippen LogP contribution in [0.25, 0.3) is 11.2 Å². The van der Waals surface area contributed by atoms with Crippen LogP contribution in [-0.4, -0.2) is 79.1 Å². The van der Waals surface area contributed by atoms with Gasteiger partial charge >= 0.3 is 0 Å². The van der Waals surface area contributed by atoms with Crippen molar-refractivity contribution in [1.82, 2.24) is 29.7 Å². The van der Waals surface area contributed by atoms with E-state index in [-0.39, 0.29) is 61.3 Å². The number of H-pyrrole nitrogens is 1. The van der Waals surface area contributed by atoms with E-state index in [1.807, 2.05) is 0 Å². The Hall–Kier alpha value is -2.94. The van der Waals surface area contributed by atoms with Crippen LogP contribution in [0.4, 0.5) is 5.95 Å². The summed E-state index contributed by atoms with van der Waals surface area (Å²) in [4.78, 5) is 56.1. The molecule has 1 aromatic carbocycles. The topological polar surface area (TPSA) is 167 Å². The van der Waals surface area contributed by atoms with Gasteiger partial charge in [-0.25, -0.2) is 4.98 Å². The lowest BCUT2D eigenvalue weighted by molar-refractivity contribution is -0.0275. The third-order valence-electron chi connectivity index (χ3n) is 7.34. The molecule has 3 atom stereocenters. The fourth-order valence-electron chi connectivity index (χ4n) is 4.97. The molecule has 0 saturated carbocycles. The van der Waals surface area contributed by atoms with Gasteiger partial charge in [0.05, 0.1) is 50.2 Å². The van der Waals surface area contributed by atoms with Crippen molar-refractivity contribution in [3.8, 4) is 0 Å². The van der Waals surface area contributed by atoms with Crippen LogP contribution in [0, 0.1) is 0 Å². The van der Waals surface area contributed by atoms with Crippen molar-refractivity contribution in [2.24, 2.45) is 4.99 Å². The number of nitrogens with one attached hydrogen (secondary N) is 3. The van der Waals surface area contributed by atoms with Crippen LogP contribution in [0.15, 0.2) is 16.1 Å². The number of guanidine groups is 1. The Bertz CT molecular complexity index is 1650. The average molecular weight is 688 g/mol. The average Bonchev–Trinajstić information content (AvgIpc) is 3.65.